The zero-order chi connectivity index (χ0) is 14.8. The fraction of sp³-hybridized carbons (Fsp3) is 0.188. The summed E-state index contributed by atoms with van der Waals surface area (Å²) in [6, 6.07) is 14.2. The molecule has 2 rings (SSSR count). The van der Waals surface area contributed by atoms with Crippen LogP contribution in [0, 0.1) is 6.92 Å². The zero-order valence-electron chi connectivity index (χ0n) is 11.6. The number of benzene rings is 2. The Balaban J connectivity index is 2.42. The lowest BCUT2D eigenvalue weighted by Gasteiger charge is -2.29. The number of amides is 1. The van der Waals surface area contributed by atoms with Gasteiger partial charge in [0, 0.05) is 5.69 Å². The van der Waals surface area contributed by atoms with Gasteiger partial charge in [-0.1, -0.05) is 24.3 Å². The van der Waals surface area contributed by atoms with Crippen molar-refractivity contribution in [2.75, 3.05) is 5.32 Å². The number of primary amides is 1. The molecule has 4 N–H and O–H groups in total. The van der Waals surface area contributed by atoms with Crippen molar-refractivity contribution in [2.24, 2.45) is 5.73 Å². The number of nitrogens with two attached hydrogens (primary N) is 1. The molecule has 104 valence electrons. The third-order valence-electron chi connectivity index (χ3n) is 3.33. The van der Waals surface area contributed by atoms with E-state index in [4.69, 9.17) is 5.73 Å². The lowest BCUT2D eigenvalue weighted by atomic mass is 9.90. The summed E-state index contributed by atoms with van der Waals surface area (Å²) in [4.78, 5) is 11.9. The molecule has 0 saturated heterocycles. The van der Waals surface area contributed by atoms with Crippen molar-refractivity contribution < 1.29 is 9.90 Å². The molecule has 0 spiro atoms. The molecule has 20 heavy (non-hydrogen) atoms. The molecule has 2 aromatic carbocycles. The van der Waals surface area contributed by atoms with Crippen molar-refractivity contribution in [2.45, 2.75) is 19.4 Å². The third kappa shape index (κ3) is 2.74. The first kappa shape index (κ1) is 13.9. The smallest absolute Gasteiger partial charge is 0.247 e. The van der Waals surface area contributed by atoms with Crippen LogP contribution in [0.15, 0.2) is 48.5 Å². The first-order valence-corrected chi connectivity index (χ1v) is 6.36. The van der Waals surface area contributed by atoms with Gasteiger partial charge in [0.05, 0.1) is 0 Å². The van der Waals surface area contributed by atoms with Gasteiger partial charge in [0.1, 0.15) is 11.3 Å². The normalized spacial score (nSPS) is 13.5. The number of phenols is 1. The van der Waals surface area contributed by atoms with Gasteiger partial charge in [0.15, 0.2) is 0 Å². The number of phenolic OH excluding ortho intramolecular Hbond substituents is 1. The second-order valence-electron chi connectivity index (χ2n) is 5.03. The van der Waals surface area contributed by atoms with Crippen molar-refractivity contribution in [3.63, 3.8) is 0 Å². The lowest BCUT2D eigenvalue weighted by Crippen LogP contribution is -2.45. The van der Waals surface area contributed by atoms with Crippen LogP contribution < -0.4 is 11.1 Å². The molecule has 4 heteroatoms. The fourth-order valence-electron chi connectivity index (χ4n) is 2.10. The minimum absolute atomic E-state index is 0.0982. The molecule has 0 saturated carbocycles. The maximum Gasteiger partial charge on any atom is 0.247 e. The Morgan fingerprint density at radius 2 is 1.90 bits per heavy atom. The number of hydrogen-bond donors (Lipinski definition) is 3. The summed E-state index contributed by atoms with van der Waals surface area (Å²) >= 11 is 0. The molecule has 0 aromatic heterocycles. The fourth-order valence-corrected chi connectivity index (χ4v) is 2.10. The van der Waals surface area contributed by atoms with Gasteiger partial charge in [-0.25, -0.2) is 0 Å². The highest BCUT2D eigenvalue weighted by Gasteiger charge is 2.33. The quantitative estimate of drug-likeness (QED) is 0.799. The van der Waals surface area contributed by atoms with E-state index in [1.807, 2.05) is 31.2 Å². The molecule has 0 fully saturated rings. The van der Waals surface area contributed by atoms with E-state index in [2.05, 4.69) is 5.32 Å². The number of aromatic hydroxyl groups is 1. The van der Waals surface area contributed by atoms with Gasteiger partial charge in [-0.15, -0.1) is 0 Å². The summed E-state index contributed by atoms with van der Waals surface area (Å²) in [6.07, 6.45) is 0. The van der Waals surface area contributed by atoms with Gasteiger partial charge in [-0.3, -0.25) is 4.79 Å². The maximum absolute atomic E-state index is 11.9. The van der Waals surface area contributed by atoms with Crippen molar-refractivity contribution in [1.82, 2.24) is 0 Å². The molecule has 0 aliphatic carbocycles. The van der Waals surface area contributed by atoms with Gasteiger partial charge in [-0.05, 0) is 49.2 Å². The molecule has 1 unspecified atom stereocenters. The lowest BCUT2D eigenvalue weighted by molar-refractivity contribution is -0.122. The van der Waals surface area contributed by atoms with Gasteiger partial charge >= 0.3 is 0 Å². The minimum Gasteiger partial charge on any atom is -0.508 e. The molecule has 2 aromatic rings. The molecular formula is C16H18N2O2. The number of hydrogen-bond acceptors (Lipinski definition) is 3. The van der Waals surface area contributed by atoms with Crippen LogP contribution in [0.4, 0.5) is 5.69 Å². The Labute approximate surface area is 118 Å². The van der Waals surface area contributed by atoms with Crippen LogP contribution >= 0.6 is 0 Å². The molecule has 0 heterocycles. The molecule has 1 amide bonds. The van der Waals surface area contributed by atoms with Gasteiger partial charge in [0.2, 0.25) is 5.91 Å². The van der Waals surface area contributed by atoms with Crippen molar-refractivity contribution in [3.05, 3.63) is 59.7 Å². The van der Waals surface area contributed by atoms with E-state index in [-0.39, 0.29) is 5.75 Å². The van der Waals surface area contributed by atoms with Crippen LogP contribution in [0.1, 0.15) is 18.1 Å². The van der Waals surface area contributed by atoms with E-state index < -0.39 is 11.4 Å². The Morgan fingerprint density at radius 1 is 1.20 bits per heavy atom. The number of anilines is 1. The van der Waals surface area contributed by atoms with Crippen LogP contribution in [0.3, 0.4) is 0 Å². The number of aryl methyl sites for hydroxylation is 1. The molecule has 0 bridgehead atoms. The molecule has 0 aliphatic rings. The van der Waals surface area contributed by atoms with Crippen LogP contribution in [0.2, 0.25) is 0 Å². The Morgan fingerprint density at radius 3 is 2.50 bits per heavy atom. The summed E-state index contributed by atoms with van der Waals surface area (Å²) in [5.74, 6) is -0.411. The Bertz CT molecular complexity index is 640. The predicted molar refractivity (Wildman–Crippen MR) is 79.5 cm³/mol. The summed E-state index contributed by atoms with van der Waals surface area (Å²) < 4.78 is 0. The van der Waals surface area contributed by atoms with E-state index >= 15 is 0 Å². The molecule has 0 radical (unpaired) electrons. The molecule has 4 nitrogen and oxygen atoms in total. The molecule has 0 aliphatic heterocycles. The number of carbonyl (C=O) groups is 1. The largest absolute Gasteiger partial charge is 0.508 e. The van der Waals surface area contributed by atoms with Crippen molar-refractivity contribution in [1.29, 1.82) is 0 Å². The van der Waals surface area contributed by atoms with Crippen LogP contribution in [0.5, 0.6) is 5.75 Å². The SMILES string of the molecule is Cc1cccc(NC(C)(C(N)=O)c2cccc(O)c2)c1. The average molecular weight is 270 g/mol. The topological polar surface area (TPSA) is 75.3 Å². The van der Waals surface area contributed by atoms with Crippen LogP contribution in [0.25, 0.3) is 0 Å². The van der Waals surface area contributed by atoms with Crippen LogP contribution in [-0.4, -0.2) is 11.0 Å². The predicted octanol–water partition coefficient (Wildman–Crippen LogP) is 2.51. The van der Waals surface area contributed by atoms with E-state index in [9.17, 15) is 9.90 Å². The Kier molecular flexibility index (Phi) is 3.66. The monoisotopic (exact) mass is 270 g/mol. The highest BCUT2D eigenvalue weighted by Crippen LogP contribution is 2.28. The number of nitrogens with one attached hydrogen (secondary N) is 1. The van der Waals surface area contributed by atoms with E-state index in [0.717, 1.165) is 11.3 Å². The van der Waals surface area contributed by atoms with Gasteiger partial charge in [0.25, 0.3) is 0 Å². The van der Waals surface area contributed by atoms with Crippen molar-refractivity contribution in [3.8, 4) is 5.75 Å². The number of rotatable bonds is 4. The average Bonchev–Trinajstić information content (AvgIpc) is 2.38. The first-order valence-electron chi connectivity index (χ1n) is 6.36. The van der Waals surface area contributed by atoms with Crippen molar-refractivity contribution >= 4 is 11.6 Å². The Hall–Kier alpha value is -2.49. The van der Waals surface area contributed by atoms with Gasteiger partial charge < -0.3 is 16.2 Å². The van der Waals surface area contributed by atoms with E-state index in [0.29, 0.717) is 5.56 Å². The van der Waals surface area contributed by atoms with Gasteiger partial charge in [-0.2, -0.15) is 0 Å². The molecule has 1 atom stereocenters. The summed E-state index contributed by atoms with van der Waals surface area (Å²) in [7, 11) is 0. The second kappa shape index (κ2) is 5.25. The maximum atomic E-state index is 11.9. The summed E-state index contributed by atoms with van der Waals surface area (Å²) in [6.45, 7) is 3.67. The van der Waals surface area contributed by atoms with E-state index in [1.165, 1.54) is 6.07 Å². The summed E-state index contributed by atoms with van der Waals surface area (Å²) in [5, 5.41) is 12.7. The number of carbonyl (C=O) groups excluding carboxylic acids is 1. The standard InChI is InChI=1S/C16H18N2O2/c1-11-5-3-7-13(9-11)18-16(2,15(17)20)12-6-4-8-14(19)10-12/h3-10,18-19H,1-2H3,(H2,17,20). The zero-order valence-corrected chi connectivity index (χ0v) is 11.6. The minimum atomic E-state index is -1.09. The third-order valence-corrected chi connectivity index (χ3v) is 3.33. The molecular weight excluding hydrogens is 252 g/mol. The highest BCUT2D eigenvalue weighted by molar-refractivity contribution is 5.89. The first-order chi connectivity index (χ1) is 9.41. The second-order valence-corrected chi connectivity index (χ2v) is 5.03. The van der Waals surface area contributed by atoms with Crippen LogP contribution in [-0.2, 0) is 10.3 Å². The van der Waals surface area contributed by atoms with E-state index in [1.54, 1.807) is 25.1 Å². The highest BCUT2D eigenvalue weighted by atomic mass is 16.3. The summed E-state index contributed by atoms with van der Waals surface area (Å²) in [5.41, 5.74) is 6.96.